The highest BCUT2D eigenvalue weighted by Crippen LogP contribution is 2.25. The molecule has 0 spiro atoms. The predicted molar refractivity (Wildman–Crippen MR) is 90.1 cm³/mol. The van der Waals surface area contributed by atoms with Gasteiger partial charge in [0.15, 0.2) is 5.16 Å². The molecule has 21 heavy (non-hydrogen) atoms. The lowest BCUT2D eigenvalue weighted by atomic mass is 10.3. The number of hydrogen-bond donors (Lipinski definition) is 0. The first-order valence-electron chi connectivity index (χ1n) is 6.25. The third kappa shape index (κ3) is 3.67. The van der Waals surface area contributed by atoms with Gasteiger partial charge < -0.3 is 0 Å². The maximum atomic E-state index is 5.79. The molecule has 2 aromatic heterocycles. The lowest BCUT2D eigenvalue weighted by Gasteiger charge is -2.07. The van der Waals surface area contributed by atoms with Crippen LogP contribution in [0.15, 0.2) is 64.6 Å². The number of halogens is 2. The second-order valence-electron chi connectivity index (χ2n) is 4.33. The highest BCUT2D eigenvalue weighted by atomic mass is 79.9. The van der Waals surface area contributed by atoms with E-state index < -0.39 is 0 Å². The zero-order valence-corrected chi connectivity index (χ0v) is 14.1. The average Bonchev–Trinajstić information content (AvgIpc) is 2.96. The first kappa shape index (κ1) is 14.6. The number of pyridine rings is 1. The molecule has 0 aliphatic rings. The highest BCUT2D eigenvalue weighted by Gasteiger charge is 2.06. The van der Waals surface area contributed by atoms with E-state index in [1.807, 2.05) is 30.6 Å². The zero-order valence-electron chi connectivity index (χ0n) is 10.9. The van der Waals surface area contributed by atoms with Gasteiger partial charge in [-0.05, 0) is 35.9 Å². The van der Waals surface area contributed by atoms with Crippen molar-refractivity contribution in [2.45, 2.75) is 10.9 Å². The minimum atomic E-state index is 0.514. The van der Waals surface area contributed by atoms with E-state index in [0.717, 1.165) is 26.6 Å². The van der Waals surface area contributed by atoms with Crippen LogP contribution >= 0.6 is 39.3 Å². The van der Waals surface area contributed by atoms with E-state index in [9.17, 15) is 0 Å². The van der Waals surface area contributed by atoms with Crippen LogP contribution in [-0.4, -0.2) is 14.5 Å². The normalized spacial score (nSPS) is 10.8. The molecule has 3 rings (SSSR count). The van der Waals surface area contributed by atoms with Crippen molar-refractivity contribution in [3.8, 4) is 5.69 Å². The number of hydrogen-bond acceptors (Lipinski definition) is 3. The van der Waals surface area contributed by atoms with Gasteiger partial charge in [0.1, 0.15) is 5.15 Å². The highest BCUT2D eigenvalue weighted by molar-refractivity contribution is 9.10. The second-order valence-corrected chi connectivity index (χ2v) is 6.58. The van der Waals surface area contributed by atoms with Crippen LogP contribution in [0.25, 0.3) is 5.69 Å². The van der Waals surface area contributed by atoms with E-state index >= 15 is 0 Å². The van der Waals surface area contributed by atoms with Crippen molar-refractivity contribution in [3.63, 3.8) is 0 Å². The lowest BCUT2D eigenvalue weighted by molar-refractivity contribution is 0.894. The Labute approximate surface area is 140 Å². The van der Waals surface area contributed by atoms with Gasteiger partial charge in [0.25, 0.3) is 0 Å². The zero-order chi connectivity index (χ0) is 14.7. The molecule has 0 aliphatic heterocycles. The van der Waals surface area contributed by atoms with Crippen LogP contribution < -0.4 is 0 Å². The van der Waals surface area contributed by atoms with Gasteiger partial charge in [0, 0.05) is 34.5 Å². The molecule has 0 unspecified atom stereocenters. The van der Waals surface area contributed by atoms with E-state index in [4.69, 9.17) is 11.6 Å². The molecule has 0 saturated carbocycles. The Balaban J connectivity index is 1.76. The topological polar surface area (TPSA) is 30.7 Å². The van der Waals surface area contributed by atoms with Crippen molar-refractivity contribution in [3.05, 3.63) is 70.2 Å². The number of imidazole rings is 1. The van der Waals surface area contributed by atoms with Gasteiger partial charge in [-0.15, -0.1) is 0 Å². The fourth-order valence-electron chi connectivity index (χ4n) is 1.83. The predicted octanol–water partition coefficient (Wildman–Crippen LogP) is 4.98. The van der Waals surface area contributed by atoms with Crippen molar-refractivity contribution in [2.75, 3.05) is 0 Å². The molecule has 0 saturated heterocycles. The summed E-state index contributed by atoms with van der Waals surface area (Å²) in [5.41, 5.74) is 2.21. The third-order valence-electron chi connectivity index (χ3n) is 2.87. The summed E-state index contributed by atoms with van der Waals surface area (Å²) < 4.78 is 3.13. The van der Waals surface area contributed by atoms with Crippen LogP contribution in [0.3, 0.4) is 0 Å². The molecule has 0 N–H and O–H groups in total. The molecule has 3 nitrogen and oxygen atoms in total. The average molecular weight is 381 g/mol. The van der Waals surface area contributed by atoms with Crippen LogP contribution in [0.4, 0.5) is 0 Å². The Morgan fingerprint density at radius 1 is 1.10 bits per heavy atom. The summed E-state index contributed by atoms with van der Waals surface area (Å²) in [6.45, 7) is 0. The van der Waals surface area contributed by atoms with E-state index in [1.165, 1.54) is 0 Å². The van der Waals surface area contributed by atoms with Crippen LogP contribution in [0.5, 0.6) is 0 Å². The summed E-state index contributed by atoms with van der Waals surface area (Å²) in [5, 5.41) is 1.47. The Bertz CT molecular complexity index is 725. The van der Waals surface area contributed by atoms with E-state index in [0.29, 0.717) is 5.15 Å². The smallest absolute Gasteiger partial charge is 0.172 e. The Kier molecular flexibility index (Phi) is 4.63. The third-order valence-corrected chi connectivity index (χ3v) is 4.66. The Morgan fingerprint density at radius 3 is 2.62 bits per heavy atom. The maximum Gasteiger partial charge on any atom is 0.172 e. The summed E-state index contributed by atoms with van der Waals surface area (Å²) in [6, 6.07) is 11.9. The number of benzene rings is 1. The Hall–Kier alpha value is -1.30. The van der Waals surface area contributed by atoms with Crippen LogP contribution in [0.1, 0.15) is 5.56 Å². The SMILES string of the molecule is Clc1ccc(CSc2nccn2-c2ccc(Br)cc2)cn1. The van der Waals surface area contributed by atoms with Crippen LogP contribution in [0, 0.1) is 0 Å². The van der Waals surface area contributed by atoms with E-state index in [1.54, 1.807) is 24.0 Å². The minimum absolute atomic E-state index is 0.514. The maximum absolute atomic E-state index is 5.79. The molecule has 0 aliphatic carbocycles. The summed E-state index contributed by atoms with van der Waals surface area (Å²) in [4.78, 5) is 8.50. The molecule has 6 heteroatoms. The van der Waals surface area contributed by atoms with Crippen LogP contribution in [0.2, 0.25) is 5.15 Å². The van der Waals surface area contributed by atoms with Gasteiger partial charge in [0.2, 0.25) is 0 Å². The van der Waals surface area contributed by atoms with Gasteiger partial charge in [-0.25, -0.2) is 9.97 Å². The fourth-order valence-corrected chi connectivity index (χ4v) is 3.12. The quantitative estimate of drug-likeness (QED) is 0.472. The summed E-state index contributed by atoms with van der Waals surface area (Å²) >= 11 is 10.9. The molecule has 3 aromatic rings. The fraction of sp³-hybridized carbons (Fsp3) is 0.0667. The van der Waals surface area contributed by atoms with Crippen molar-refractivity contribution >= 4 is 39.3 Å². The summed E-state index contributed by atoms with van der Waals surface area (Å²) in [6.07, 6.45) is 5.57. The van der Waals surface area contributed by atoms with Crippen LogP contribution in [-0.2, 0) is 5.75 Å². The summed E-state index contributed by atoms with van der Waals surface area (Å²) in [5.74, 6) is 0.803. The largest absolute Gasteiger partial charge is 0.295 e. The van der Waals surface area contributed by atoms with E-state index in [2.05, 4.69) is 42.6 Å². The molecule has 1 aromatic carbocycles. The number of aromatic nitrogens is 3. The Morgan fingerprint density at radius 2 is 1.90 bits per heavy atom. The lowest BCUT2D eigenvalue weighted by Crippen LogP contribution is -1.95. The minimum Gasteiger partial charge on any atom is -0.295 e. The standard InChI is InChI=1S/C15H11BrClN3S/c16-12-2-4-13(5-3-12)20-8-7-18-15(20)21-10-11-1-6-14(17)19-9-11/h1-9H,10H2. The van der Waals surface area contributed by atoms with E-state index in [-0.39, 0.29) is 0 Å². The molecule has 2 heterocycles. The number of thioether (sulfide) groups is 1. The van der Waals surface area contributed by atoms with Gasteiger partial charge in [-0.3, -0.25) is 4.57 Å². The molecule has 0 atom stereocenters. The molecule has 0 amide bonds. The molecular formula is C15H11BrClN3S. The number of rotatable bonds is 4. The van der Waals surface area contributed by atoms with Crippen molar-refractivity contribution < 1.29 is 0 Å². The monoisotopic (exact) mass is 379 g/mol. The van der Waals surface area contributed by atoms with Crippen molar-refractivity contribution in [1.29, 1.82) is 0 Å². The summed E-state index contributed by atoms with van der Waals surface area (Å²) in [7, 11) is 0. The molecule has 0 fully saturated rings. The van der Waals surface area contributed by atoms with Gasteiger partial charge in [-0.1, -0.05) is 45.4 Å². The van der Waals surface area contributed by atoms with Crippen molar-refractivity contribution in [2.24, 2.45) is 0 Å². The second kappa shape index (κ2) is 6.64. The first-order valence-corrected chi connectivity index (χ1v) is 8.40. The molecular weight excluding hydrogens is 370 g/mol. The van der Waals surface area contributed by atoms with Gasteiger partial charge >= 0.3 is 0 Å². The molecule has 0 bridgehead atoms. The molecule has 106 valence electrons. The number of nitrogens with zero attached hydrogens (tertiary/aromatic N) is 3. The molecule has 0 radical (unpaired) electrons. The van der Waals surface area contributed by atoms with Crippen molar-refractivity contribution in [1.82, 2.24) is 14.5 Å². The first-order chi connectivity index (χ1) is 10.2. The van der Waals surface area contributed by atoms with Gasteiger partial charge in [-0.2, -0.15) is 0 Å². The van der Waals surface area contributed by atoms with Gasteiger partial charge in [0.05, 0.1) is 0 Å².